The molecule has 108 valence electrons. The van der Waals surface area contributed by atoms with Crippen LogP contribution in [0.5, 0.6) is 0 Å². The van der Waals surface area contributed by atoms with Crippen LogP contribution in [-0.4, -0.2) is 24.2 Å². The highest BCUT2D eigenvalue weighted by Gasteiger charge is 2.34. The van der Waals surface area contributed by atoms with Gasteiger partial charge >= 0.3 is 0 Å². The minimum absolute atomic E-state index is 0.139. The van der Waals surface area contributed by atoms with Gasteiger partial charge < -0.3 is 10.1 Å². The van der Waals surface area contributed by atoms with Crippen molar-refractivity contribution in [1.82, 2.24) is 10.3 Å². The molecule has 0 spiro atoms. The van der Waals surface area contributed by atoms with Crippen molar-refractivity contribution in [2.24, 2.45) is 0 Å². The Balaban J connectivity index is 2.54. The maximum atomic E-state index is 6.05. The second kappa shape index (κ2) is 6.33. The molecule has 0 fully saturated rings. The molecule has 0 aliphatic heterocycles. The van der Waals surface area contributed by atoms with Crippen molar-refractivity contribution in [3.63, 3.8) is 0 Å². The second-order valence-corrected chi connectivity index (χ2v) is 5.26. The number of likely N-dealkylation sites (N-methyl/N-ethyl adjacent to an activating group) is 1. The molecule has 3 nitrogen and oxygen atoms in total. The first-order valence-electron chi connectivity index (χ1n) is 7.30. The van der Waals surface area contributed by atoms with Crippen LogP contribution in [0.25, 0.3) is 10.8 Å². The van der Waals surface area contributed by atoms with Gasteiger partial charge in [-0.25, -0.2) is 0 Å². The number of hydrogen-bond acceptors (Lipinski definition) is 3. The molecule has 0 saturated heterocycles. The van der Waals surface area contributed by atoms with Gasteiger partial charge in [0.25, 0.3) is 0 Å². The lowest BCUT2D eigenvalue weighted by Crippen LogP contribution is -2.42. The van der Waals surface area contributed by atoms with Crippen LogP contribution in [0.1, 0.15) is 38.8 Å². The Morgan fingerprint density at radius 3 is 2.75 bits per heavy atom. The van der Waals surface area contributed by atoms with Crippen molar-refractivity contribution in [3.8, 4) is 0 Å². The minimum Gasteiger partial charge on any atom is -0.374 e. The van der Waals surface area contributed by atoms with Crippen molar-refractivity contribution in [2.75, 3.05) is 13.7 Å². The summed E-state index contributed by atoms with van der Waals surface area (Å²) in [5.74, 6) is 0. The van der Waals surface area contributed by atoms with Gasteiger partial charge in [-0.2, -0.15) is 0 Å². The zero-order chi connectivity index (χ0) is 14.6. The summed E-state index contributed by atoms with van der Waals surface area (Å²) in [7, 11) is 1.99. The lowest BCUT2D eigenvalue weighted by molar-refractivity contribution is -0.0543. The fourth-order valence-electron chi connectivity index (χ4n) is 2.90. The van der Waals surface area contributed by atoms with E-state index in [-0.39, 0.29) is 11.6 Å². The first-order chi connectivity index (χ1) is 9.66. The lowest BCUT2D eigenvalue weighted by Gasteiger charge is -2.37. The smallest absolute Gasteiger partial charge is 0.0845 e. The highest BCUT2D eigenvalue weighted by molar-refractivity contribution is 5.85. The van der Waals surface area contributed by atoms with Crippen LogP contribution in [0.2, 0.25) is 0 Å². The van der Waals surface area contributed by atoms with Gasteiger partial charge in [0.1, 0.15) is 0 Å². The van der Waals surface area contributed by atoms with E-state index in [9.17, 15) is 0 Å². The van der Waals surface area contributed by atoms with E-state index < -0.39 is 0 Å². The van der Waals surface area contributed by atoms with Gasteiger partial charge in [-0.3, -0.25) is 4.98 Å². The van der Waals surface area contributed by atoms with Crippen LogP contribution in [0.15, 0.2) is 36.7 Å². The molecule has 20 heavy (non-hydrogen) atoms. The summed E-state index contributed by atoms with van der Waals surface area (Å²) in [6.45, 7) is 7.10. The molecule has 3 heteroatoms. The number of aromatic nitrogens is 1. The van der Waals surface area contributed by atoms with Crippen LogP contribution in [0.4, 0.5) is 0 Å². The van der Waals surface area contributed by atoms with E-state index >= 15 is 0 Å². The van der Waals surface area contributed by atoms with Crippen molar-refractivity contribution in [2.45, 2.75) is 38.8 Å². The van der Waals surface area contributed by atoms with E-state index in [1.54, 1.807) is 0 Å². The summed E-state index contributed by atoms with van der Waals surface area (Å²) < 4.78 is 6.05. The predicted molar refractivity (Wildman–Crippen MR) is 83.9 cm³/mol. The Morgan fingerprint density at radius 1 is 1.30 bits per heavy atom. The number of nitrogens with zero attached hydrogens (tertiary/aromatic N) is 1. The number of ether oxygens (including phenoxy) is 1. The highest BCUT2D eigenvalue weighted by Crippen LogP contribution is 2.35. The first-order valence-corrected chi connectivity index (χ1v) is 7.30. The number of nitrogens with one attached hydrogen (secondary N) is 1. The molecule has 2 rings (SSSR count). The summed E-state index contributed by atoms with van der Waals surface area (Å²) >= 11 is 0. The van der Waals surface area contributed by atoms with E-state index in [1.165, 1.54) is 16.3 Å². The van der Waals surface area contributed by atoms with E-state index in [4.69, 9.17) is 4.74 Å². The summed E-state index contributed by atoms with van der Waals surface area (Å²) in [6, 6.07) is 8.58. The van der Waals surface area contributed by atoms with Crippen molar-refractivity contribution >= 4 is 10.8 Å². The van der Waals surface area contributed by atoms with E-state index in [0.29, 0.717) is 6.61 Å². The average Bonchev–Trinajstić information content (AvgIpc) is 2.48. The van der Waals surface area contributed by atoms with E-state index in [1.807, 2.05) is 26.4 Å². The Hall–Kier alpha value is -1.45. The molecule has 0 aliphatic rings. The van der Waals surface area contributed by atoms with E-state index in [2.05, 4.69) is 48.4 Å². The molecule has 2 aromatic rings. The number of benzene rings is 1. The Kier molecular flexibility index (Phi) is 4.73. The molecule has 2 unspecified atom stereocenters. The molecule has 0 saturated carbocycles. The van der Waals surface area contributed by atoms with Crippen LogP contribution < -0.4 is 5.32 Å². The Bertz CT molecular complexity index is 564. The highest BCUT2D eigenvalue weighted by atomic mass is 16.5. The second-order valence-electron chi connectivity index (χ2n) is 5.26. The van der Waals surface area contributed by atoms with Gasteiger partial charge in [0, 0.05) is 24.4 Å². The van der Waals surface area contributed by atoms with Crippen LogP contribution in [0, 0.1) is 0 Å². The van der Waals surface area contributed by atoms with Gasteiger partial charge in [-0.1, -0.05) is 25.1 Å². The predicted octanol–water partition coefficient (Wildman–Crippen LogP) is 3.70. The van der Waals surface area contributed by atoms with Crippen LogP contribution in [0.3, 0.4) is 0 Å². The van der Waals surface area contributed by atoms with Crippen LogP contribution in [-0.2, 0) is 4.74 Å². The zero-order valence-electron chi connectivity index (χ0n) is 12.8. The average molecular weight is 272 g/mol. The van der Waals surface area contributed by atoms with Crippen LogP contribution >= 0.6 is 0 Å². The maximum absolute atomic E-state index is 6.05. The molecule has 1 aromatic heterocycles. The van der Waals surface area contributed by atoms with Crippen molar-refractivity contribution in [3.05, 3.63) is 42.2 Å². The monoisotopic (exact) mass is 272 g/mol. The molecule has 1 heterocycles. The van der Waals surface area contributed by atoms with Gasteiger partial charge in [-0.05, 0) is 44.3 Å². The number of fused-ring (bicyclic) bond motifs is 1. The molecule has 1 aromatic carbocycles. The Morgan fingerprint density at radius 2 is 2.10 bits per heavy atom. The molecule has 0 amide bonds. The third-order valence-electron chi connectivity index (χ3n) is 4.10. The molecule has 0 radical (unpaired) electrons. The SMILES string of the molecule is CCOC(C)(CC)C(NC)c1cccc2ccncc12. The topological polar surface area (TPSA) is 34.1 Å². The minimum atomic E-state index is -0.229. The lowest BCUT2D eigenvalue weighted by atomic mass is 9.85. The standard InChI is InChI=1S/C17H24N2O/c1-5-17(3,20-6-2)16(18-4)14-9-7-8-13-10-11-19-12-15(13)14/h7-12,16,18H,5-6H2,1-4H3. The molecule has 0 aliphatic carbocycles. The van der Waals surface area contributed by atoms with Gasteiger partial charge in [0.15, 0.2) is 0 Å². The van der Waals surface area contributed by atoms with Crippen molar-refractivity contribution in [1.29, 1.82) is 0 Å². The number of rotatable bonds is 6. The molecule has 2 atom stereocenters. The Labute approximate surface area is 121 Å². The number of hydrogen-bond donors (Lipinski definition) is 1. The molecule has 1 N–H and O–H groups in total. The summed E-state index contributed by atoms with van der Waals surface area (Å²) in [6.07, 6.45) is 4.72. The van der Waals surface area contributed by atoms with Crippen molar-refractivity contribution < 1.29 is 4.74 Å². The van der Waals surface area contributed by atoms with Gasteiger partial charge in [0.05, 0.1) is 11.6 Å². The third kappa shape index (κ3) is 2.69. The first kappa shape index (κ1) is 14.9. The van der Waals surface area contributed by atoms with E-state index in [0.717, 1.165) is 6.42 Å². The number of pyridine rings is 1. The molecular weight excluding hydrogens is 248 g/mol. The third-order valence-corrected chi connectivity index (χ3v) is 4.10. The quantitative estimate of drug-likeness (QED) is 0.870. The molecule has 0 bridgehead atoms. The molecular formula is C17H24N2O. The fourth-order valence-corrected chi connectivity index (χ4v) is 2.90. The van der Waals surface area contributed by atoms with Gasteiger partial charge in [0.2, 0.25) is 0 Å². The maximum Gasteiger partial charge on any atom is 0.0845 e. The summed E-state index contributed by atoms with van der Waals surface area (Å²) in [4.78, 5) is 4.28. The normalized spacial score (nSPS) is 16.0. The van der Waals surface area contributed by atoms with Gasteiger partial charge in [-0.15, -0.1) is 0 Å². The largest absolute Gasteiger partial charge is 0.374 e. The summed E-state index contributed by atoms with van der Waals surface area (Å²) in [5.41, 5.74) is 1.02. The summed E-state index contributed by atoms with van der Waals surface area (Å²) in [5, 5.41) is 5.84. The fraction of sp³-hybridized carbons (Fsp3) is 0.471. The zero-order valence-corrected chi connectivity index (χ0v) is 12.8.